The average molecular weight is 447 g/mol. The van der Waals surface area contributed by atoms with E-state index in [1.54, 1.807) is 30.3 Å². The third-order valence-corrected chi connectivity index (χ3v) is 7.09. The van der Waals surface area contributed by atoms with Crippen LogP contribution in [0.5, 0.6) is 0 Å². The van der Waals surface area contributed by atoms with Crippen molar-refractivity contribution in [3.05, 3.63) is 12.1 Å². The maximum absolute atomic E-state index is 12.5. The Morgan fingerprint density at radius 1 is 0.933 bits per heavy atom. The van der Waals surface area contributed by atoms with E-state index >= 15 is 0 Å². The largest absolute Gasteiger partial charge is 0.352 e. The minimum Gasteiger partial charge on any atom is -0.352 e. The second kappa shape index (κ2) is 9.13. The quantitative estimate of drug-likeness (QED) is 0.604. The van der Waals surface area contributed by atoms with Crippen molar-refractivity contribution in [1.29, 1.82) is 0 Å². The maximum atomic E-state index is 12.5. The number of rotatable bonds is 6. The van der Waals surface area contributed by atoms with E-state index < -0.39 is 0 Å². The fraction of sp³-hybridized carbons (Fsp3) is 0.500. The molecular formula is C20H26N6O2S2. The molecule has 2 N–H and O–H groups in total. The van der Waals surface area contributed by atoms with Crippen molar-refractivity contribution in [2.45, 2.75) is 25.7 Å². The van der Waals surface area contributed by atoms with Crippen molar-refractivity contribution in [3.8, 4) is 0 Å². The number of thiazole rings is 2. The molecule has 1 saturated heterocycles. The number of hydrogen-bond acceptors (Lipinski definition) is 8. The normalized spacial score (nSPS) is 14.7. The molecule has 8 nitrogen and oxygen atoms in total. The lowest BCUT2D eigenvalue weighted by atomic mass is 10.2. The van der Waals surface area contributed by atoms with Crippen LogP contribution in [0.1, 0.15) is 25.7 Å². The van der Waals surface area contributed by atoms with Crippen LogP contribution >= 0.6 is 22.7 Å². The third kappa shape index (κ3) is 4.81. The molecule has 4 rings (SSSR count). The summed E-state index contributed by atoms with van der Waals surface area (Å²) in [7, 11) is 3.46. The zero-order valence-corrected chi connectivity index (χ0v) is 18.9. The van der Waals surface area contributed by atoms with Crippen LogP contribution in [0.25, 0.3) is 20.4 Å². The van der Waals surface area contributed by atoms with Crippen LogP contribution < -0.4 is 10.6 Å². The number of anilines is 2. The number of fused-ring (bicyclic) bond motifs is 2. The lowest BCUT2D eigenvalue weighted by molar-refractivity contribution is -0.129. The second-order valence-corrected chi connectivity index (χ2v) is 9.68. The Balaban J connectivity index is 1.41. The Morgan fingerprint density at radius 2 is 1.50 bits per heavy atom. The van der Waals surface area contributed by atoms with E-state index in [1.807, 2.05) is 11.0 Å². The zero-order valence-electron chi connectivity index (χ0n) is 17.2. The van der Waals surface area contributed by atoms with Gasteiger partial charge in [0.05, 0.1) is 33.5 Å². The Morgan fingerprint density at radius 3 is 2.07 bits per heavy atom. The summed E-state index contributed by atoms with van der Waals surface area (Å²) in [5, 5.41) is 7.76. The van der Waals surface area contributed by atoms with Crippen LogP contribution in [0.4, 0.5) is 10.3 Å². The molecule has 0 unspecified atom stereocenters. The van der Waals surface area contributed by atoms with Gasteiger partial charge in [0.25, 0.3) is 0 Å². The number of carbonyl (C=O) groups excluding carboxylic acids is 2. The molecule has 0 atom stereocenters. The number of likely N-dealkylation sites (tertiary alicyclic amines) is 1. The highest BCUT2D eigenvalue weighted by Gasteiger charge is 2.16. The highest BCUT2D eigenvalue weighted by atomic mass is 32.1. The number of nitrogens with zero attached hydrogens (tertiary/aromatic N) is 4. The predicted molar refractivity (Wildman–Crippen MR) is 124 cm³/mol. The van der Waals surface area contributed by atoms with Crippen LogP contribution in [-0.4, -0.2) is 71.9 Å². The van der Waals surface area contributed by atoms with Gasteiger partial charge in [0.15, 0.2) is 10.3 Å². The van der Waals surface area contributed by atoms with Gasteiger partial charge in [0.1, 0.15) is 0 Å². The lowest BCUT2D eigenvalue weighted by Gasteiger charge is -2.20. The van der Waals surface area contributed by atoms with Crippen LogP contribution in [0.3, 0.4) is 0 Å². The number of amides is 2. The summed E-state index contributed by atoms with van der Waals surface area (Å²) in [6, 6.07) is 4.03. The first-order chi connectivity index (χ1) is 14.5. The molecule has 3 heterocycles. The number of carbonyl (C=O) groups is 2. The Kier molecular flexibility index (Phi) is 6.33. The molecule has 0 aliphatic carbocycles. The van der Waals surface area contributed by atoms with E-state index in [1.165, 1.54) is 24.2 Å². The van der Waals surface area contributed by atoms with E-state index in [4.69, 9.17) is 0 Å². The number of hydrogen-bond donors (Lipinski definition) is 2. The molecule has 2 aromatic heterocycles. The van der Waals surface area contributed by atoms with Crippen LogP contribution in [0.2, 0.25) is 0 Å². The number of nitrogens with one attached hydrogen (secondary N) is 2. The summed E-state index contributed by atoms with van der Waals surface area (Å²) >= 11 is 3.06. The molecule has 2 amide bonds. The van der Waals surface area contributed by atoms with Crippen molar-refractivity contribution in [2.24, 2.45) is 0 Å². The van der Waals surface area contributed by atoms with Gasteiger partial charge in [-0.25, -0.2) is 9.97 Å². The maximum Gasteiger partial charge on any atom is 0.241 e. The molecular weight excluding hydrogens is 420 g/mol. The second-order valence-electron chi connectivity index (χ2n) is 7.62. The average Bonchev–Trinajstić information content (AvgIpc) is 3.19. The Bertz CT molecular complexity index is 1000. The number of aromatic nitrogens is 2. The van der Waals surface area contributed by atoms with Gasteiger partial charge in [-0.3, -0.25) is 9.59 Å². The Hall–Kier alpha value is -2.46. The summed E-state index contributed by atoms with van der Waals surface area (Å²) in [6.07, 6.45) is 4.61. The van der Waals surface area contributed by atoms with Gasteiger partial charge in [0.2, 0.25) is 11.8 Å². The molecule has 0 saturated carbocycles. The molecule has 0 radical (unpaired) electrons. The molecule has 1 aliphatic heterocycles. The summed E-state index contributed by atoms with van der Waals surface area (Å²) < 4.78 is 2.09. The van der Waals surface area contributed by atoms with Crippen LogP contribution in [-0.2, 0) is 9.59 Å². The lowest BCUT2D eigenvalue weighted by Crippen LogP contribution is -2.36. The van der Waals surface area contributed by atoms with Gasteiger partial charge in [-0.05, 0) is 25.0 Å². The van der Waals surface area contributed by atoms with Gasteiger partial charge in [0, 0.05) is 27.2 Å². The fourth-order valence-electron chi connectivity index (χ4n) is 3.39. The standard InChI is InChI=1S/C20H26N6O2S2/c1-25(2)17(27)11-21-19-23-13-9-14-16(10-15(13)29-19)30-20(24-14)22-12-18(28)26-7-5-3-4-6-8-26/h9-10H,3-8,11-12H2,1-2H3,(H,21,23)(H,22,24). The van der Waals surface area contributed by atoms with Crippen molar-refractivity contribution < 1.29 is 9.59 Å². The summed E-state index contributed by atoms with van der Waals surface area (Å²) in [5.41, 5.74) is 1.71. The van der Waals surface area contributed by atoms with Crippen molar-refractivity contribution in [1.82, 2.24) is 19.8 Å². The fourth-order valence-corrected chi connectivity index (χ4v) is 5.23. The highest BCUT2D eigenvalue weighted by Crippen LogP contribution is 2.33. The topological polar surface area (TPSA) is 90.5 Å². The molecule has 0 bridgehead atoms. The third-order valence-electron chi connectivity index (χ3n) is 5.14. The van der Waals surface area contributed by atoms with Gasteiger partial charge in [-0.2, -0.15) is 0 Å². The van der Waals surface area contributed by atoms with E-state index in [0.717, 1.165) is 56.6 Å². The SMILES string of the molecule is CN(C)C(=O)CNc1nc2cc3nc(NCC(=O)N4CCCCCC4)sc3cc2s1. The van der Waals surface area contributed by atoms with Gasteiger partial charge >= 0.3 is 0 Å². The van der Waals surface area contributed by atoms with E-state index in [9.17, 15) is 9.59 Å². The minimum absolute atomic E-state index is 0.00217. The smallest absolute Gasteiger partial charge is 0.241 e. The van der Waals surface area contributed by atoms with E-state index in [0.29, 0.717) is 0 Å². The number of benzene rings is 1. The molecule has 160 valence electrons. The molecule has 1 aromatic carbocycles. The summed E-state index contributed by atoms with van der Waals surface area (Å²) in [4.78, 5) is 36.9. The monoisotopic (exact) mass is 446 g/mol. The van der Waals surface area contributed by atoms with Crippen LogP contribution in [0.15, 0.2) is 12.1 Å². The first-order valence-electron chi connectivity index (χ1n) is 10.2. The van der Waals surface area contributed by atoms with Crippen molar-refractivity contribution in [3.63, 3.8) is 0 Å². The van der Waals surface area contributed by atoms with Gasteiger partial charge in [-0.15, -0.1) is 0 Å². The van der Waals surface area contributed by atoms with Gasteiger partial charge < -0.3 is 20.4 Å². The minimum atomic E-state index is 0.00217. The zero-order chi connectivity index (χ0) is 21.1. The molecule has 30 heavy (non-hydrogen) atoms. The molecule has 10 heteroatoms. The van der Waals surface area contributed by atoms with Crippen molar-refractivity contribution in [2.75, 3.05) is 50.9 Å². The molecule has 1 aliphatic rings. The summed E-state index contributed by atoms with van der Waals surface area (Å²) in [6.45, 7) is 2.22. The van der Waals surface area contributed by atoms with E-state index in [2.05, 4.69) is 26.7 Å². The van der Waals surface area contributed by atoms with E-state index in [-0.39, 0.29) is 24.9 Å². The Labute approximate surface area is 183 Å². The first kappa shape index (κ1) is 20.8. The molecule has 1 fully saturated rings. The van der Waals surface area contributed by atoms with Crippen LogP contribution in [0, 0.1) is 0 Å². The van der Waals surface area contributed by atoms with Crippen molar-refractivity contribution >= 4 is 65.2 Å². The first-order valence-corrected chi connectivity index (χ1v) is 11.8. The number of likely N-dealkylation sites (N-methyl/N-ethyl adjacent to an activating group) is 1. The molecule has 0 spiro atoms. The van der Waals surface area contributed by atoms with Gasteiger partial charge in [-0.1, -0.05) is 35.5 Å². The predicted octanol–water partition coefficient (Wildman–Crippen LogP) is 3.22. The summed E-state index contributed by atoms with van der Waals surface area (Å²) in [5.74, 6) is 0.143. The molecule has 3 aromatic rings. The highest BCUT2D eigenvalue weighted by molar-refractivity contribution is 7.24.